The van der Waals surface area contributed by atoms with E-state index in [1.54, 1.807) is 12.5 Å². The molecule has 2 aromatic rings. The number of nitrogens with two attached hydrogens (primary N) is 2. The number of phosphoric ester groups is 1. The van der Waals surface area contributed by atoms with Crippen molar-refractivity contribution in [2.75, 3.05) is 25.4 Å². The zero-order valence-electron chi connectivity index (χ0n) is 41.2. The summed E-state index contributed by atoms with van der Waals surface area (Å²) in [5.41, 5.74) is 12.9. The third-order valence-electron chi connectivity index (χ3n) is 12.1. The van der Waals surface area contributed by atoms with Gasteiger partial charge >= 0.3 is 7.82 Å². The van der Waals surface area contributed by atoms with Crippen LogP contribution in [0, 0.1) is 5.92 Å². The van der Waals surface area contributed by atoms with Crippen molar-refractivity contribution >= 4 is 61.8 Å². The summed E-state index contributed by atoms with van der Waals surface area (Å²) in [6.07, 6.45) is 11.6. The molecule has 7 atom stereocenters. The Balaban J connectivity index is 1.74. The quantitative estimate of drug-likeness (QED) is 0.0264. The molecule has 1 aromatic carbocycles. The first-order chi connectivity index (χ1) is 33.7. The Bertz CT molecular complexity index is 2060. The Labute approximate surface area is 422 Å². The van der Waals surface area contributed by atoms with Crippen molar-refractivity contribution in [2.45, 2.75) is 166 Å². The molecule has 1 saturated heterocycles. The summed E-state index contributed by atoms with van der Waals surface area (Å²) in [4.78, 5) is 118. The lowest BCUT2D eigenvalue weighted by Gasteiger charge is -2.29. The number of unbranched alkanes of at least 4 members (excludes halogenated alkanes) is 7. The van der Waals surface area contributed by atoms with Crippen molar-refractivity contribution in [1.82, 2.24) is 41.0 Å². The number of aryl methyl sites for hydroxylation is 2. The molecule has 0 radical (unpaired) electrons. The largest absolute Gasteiger partial charge is 0.469 e. The number of aromatic nitrogens is 2. The van der Waals surface area contributed by atoms with E-state index in [0.29, 0.717) is 57.4 Å². The van der Waals surface area contributed by atoms with E-state index >= 15 is 0 Å². The molecule has 398 valence electrons. The maximum absolute atomic E-state index is 14.3. The second-order valence-electron chi connectivity index (χ2n) is 18.5. The number of imidazole rings is 1. The van der Waals surface area contributed by atoms with Gasteiger partial charge in [0.05, 0.1) is 25.1 Å². The minimum absolute atomic E-state index is 0.124. The van der Waals surface area contributed by atoms with Crippen LogP contribution in [0.1, 0.15) is 115 Å². The summed E-state index contributed by atoms with van der Waals surface area (Å²) in [5.74, 6) is -4.99. The molecule has 0 bridgehead atoms. The van der Waals surface area contributed by atoms with E-state index in [9.17, 15) is 53.0 Å². The number of nitrogens with one attached hydrogen (secondary N) is 5. The van der Waals surface area contributed by atoms with Crippen LogP contribution in [0.4, 0.5) is 0 Å². The Morgan fingerprint density at radius 1 is 0.845 bits per heavy atom. The van der Waals surface area contributed by atoms with E-state index in [-0.39, 0.29) is 42.7 Å². The Kier molecular flexibility index (Phi) is 26.8. The number of carbonyl (C=O) groups is 7. The number of likely N-dealkylation sites (tertiary alicyclic amines) is 1. The van der Waals surface area contributed by atoms with Crippen LogP contribution in [0.25, 0.3) is 0 Å². The molecule has 0 spiro atoms. The van der Waals surface area contributed by atoms with Gasteiger partial charge in [0.2, 0.25) is 41.4 Å². The van der Waals surface area contributed by atoms with Gasteiger partial charge in [-0.05, 0) is 69.8 Å². The second-order valence-corrected chi connectivity index (χ2v) is 20.0. The number of carbonyl (C=O) groups excluding carboxylic acids is 7. The van der Waals surface area contributed by atoms with Crippen LogP contribution in [0.2, 0.25) is 0 Å². The zero-order chi connectivity index (χ0) is 52.5. The summed E-state index contributed by atoms with van der Waals surface area (Å²) in [6.45, 7) is 5.08. The highest BCUT2D eigenvalue weighted by Crippen LogP contribution is 2.38. The van der Waals surface area contributed by atoms with Crippen molar-refractivity contribution < 1.29 is 57.5 Å². The minimum Gasteiger partial charge on any atom is -0.394 e. The van der Waals surface area contributed by atoms with E-state index in [4.69, 9.17) is 11.5 Å². The van der Waals surface area contributed by atoms with Gasteiger partial charge in [0.25, 0.3) is 0 Å². The zero-order valence-corrected chi connectivity index (χ0v) is 43.0. The van der Waals surface area contributed by atoms with Gasteiger partial charge < -0.3 is 62.4 Å². The normalized spacial score (nSPS) is 16.3. The van der Waals surface area contributed by atoms with Gasteiger partial charge in [-0.15, -0.1) is 0 Å². The summed E-state index contributed by atoms with van der Waals surface area (Å²) in [7, 11) is -5.13. The Morgan fingerprint density at radius 3 is 2.13 bits per heavy atom. The molecule has 1 aliphatic rings. The summed E-state index contributed by atoms with van der Waals surface area (Å²) < 4.78 is 17.8. The number of phosphoric acid groups is 1. The number of hydrogen-bond acceptors (Lipinski definition) is 13. The summed E-state index contributed by atoms with van der Waals surface area (Å²) >= 11 is 4.03. The SMILES string of the molecule is CC(C)CC(NC(=O)C1CCCN1C(=O)CCCCCNC(=O)C(N)CS)C(=O)NC(Cc1cncn1CCCCCCCCc1ccccc1)C(=O)NC(CO)C(=O)NC(C(N)=O)C(C)OP(=O)(O)O. The number of thiol groups is 1. The fourth-order valence-corrected chi connectivity index (χ4v) is 8.97. The number of amides is 7. The molecular weight excluding hydrogens is 960 g/mol. The highest BCUT2D eigenvalue weighted by molar-refractivity contribution is 7.80. The van der Waals surface area contributed by atoms with Crippen LogP contribution in [0.15, 0.2) is 42.9 Å². The van der Waals surface area contributed by atoms with Gasteiger partial charge in [-0.2, -0.15) is 12.6 Å². The predicted molar refractivity (Wildman–Crippen MR) is 268 cm³/mol. The molecule has 71 heavy (non-hydrogen) atoms. The van der Waals surface area contributed by atoms with Crippen molar-refractivity contribution in [1.29, 1.82) is 0 Å². The Morgan fingerprint density at radius 2 is 1.48 bits per heavy atom. The molecule has 22 nitrogen and oxygen atoms in total. The molecule has 1 aliphatic heterocycles. The molecular formula is C47H77N10O12PS. The average Bonchev–Trinajstić information content (AvgIpc) is 4.00. The van der Waals surface area contributed by atoms with Gasteiger partial charge in [0.1, 0.15) is 30.2 Å². The van der Waals surface area contributed by atoms with E-state index in [1.165, 1.54) is 10.5 Å². The molecule has 2 heterocycles. The number of nitrogens with zero attached hydrogens (tertiary/aromatic N) is 3. The van der Waals surface area contributed by atoms with Crippen LogP contribution < -0.4 is 38.1 Å². The number of benzene rings is 1. The van der Waals surface area contributed by atoms with Crippen molar-refractivity contribution in [3.8, 4) is 0 Å². The topological polar surface area (TPSA) is 340 Å². The van der Waals surface area contributed by atoms with Crippen LogP contribution >= 0.6 is 20.5 Å². The van der Waals surface area contributed by atoms with Crippen molar-refractivity contribution in [2.24, 2.45) is 17.4 Å². The number of hydrogen-bond donors (Lipinski definition) is 11. The fraction of sp³-hybridized carbons (Fsp3) is 0.660. The van der Waals surface area contributed by atoms with Crippen LogP contribution in [0.5, 0.6) is 0 Å². The molecule has 1 aromatic heterocycles. The van der Waals surface area contributed by atoms with E-state index in [1.807, 2.05) is 36.6 Å². The highest BCUT2D eigenvalue weighted by Gasteiger charge is 2.38. The second kappa shape index (κ2) is 31.5. The number of primary amides is 1. The lowest BCUT2D eigenvalue weighted by molar-refractivity contribution is -0.140. The number of aliphatic hydroxyl groups excluding tert-OH is 1. The first kappa shape index (κ1) is 60.4. The third-order valence-corrected chi connectivity index (χ3v) is 13.1. The number of rotatable bonds is 34. The van der Waals surface area contributed by atoms with E-state index in [2.05, 4.69) is 60.9 Å². The lowest BCUT2D eigenvalue weighted by atomic mass is 10.0. The summed E-state index contributed by atoms with van der Waals surface area (Å²) in [6, 6.07) is 2.68. The minimum atomic E-state index is -5.13. The van der Waals surface area contributed by atoms with Gasteiger partial charge in [0, 0.05) is 50.1 Å². The molecule has 1 fully saturated rings. The van der Waals surface area contributed by atoms with Gasteiger partial charge in [-0.1, -0.05) is 76.3 Å². The first-order valence-electron chi connectivity index (χ1n) is 24.6. The first-order valence-corrected chi connectivity index (χ1v) is 26.7. The van der Waals surface area contributed by atoms with Crippen LogP contribution in [-0.2, 0) is 62.0 Å². The molecule has 12 N–H and O–H groups in total. The molecule has 7 amide bonds. The van der Waals surface area contributed by atoms with Gasteiger partial charge in [-0.3, -0.25) is 38.1 Å². The van der Waals surface area contributed by atoms with Gasteiger partial charge in [-0.25, -0.2) is 9.55 Å². The molecule has 24 heteroatoms. The van der Waals surface area contributed by atoms with Crippen molar-refractivity contribution in [3.63, 3.8) is 0 Å². The van der Waals surface area contributed by atoms with Crippen molar-refractivity contribution in [3.05, 3.63) is 54.1 Å². The monoisotopic (exact) mass is 1040 g/mol. The predicted octanol–water partition coefficient (Wildman–Crippen LogP) is 0.894. The van der Waals surface area contributed by atoms with Gasteiger partial charge in [0.15, 0.2) is 0 Å². The summed E-state index contributed by atoms with van der Waals surface area (Å²) in [5, 5.41) is 23.1. The third kappa shape index (κ3) is 22.2. The maximum Gasteiger partial charge on any atom is 0.469 e. The molecule has 0 saturated carbocycles. The molecule has 3 rings (SSSR count). The maximum atomic E-state index is 14.3. The highest BCUT2D eigenvalue weighted by atomic mass is 32.1. The lowest BCUT2D eigenvalue weighted by Crippen LogP contribution is -2.61. The van der Waals surface area contributed by atoms with Crippen LogP contribution in [-0.4, -0.2) is 138 Å². The van der Waals surface area contributed by atoms with E-state index in [0.717, 1.165) is 51.9 Å². The Hall–Kier alpha value is -4.90. The average molecular weight is 1040 g/mol. The molecule has 7 unspecified atom stereocenters. The van der Waals surface area contributed by atoms with E-state index < -0.39 is 86.3 Å². The fourth-order valence-electron chi connectivity index (χ4n) is 8.25. The smallest absolute Gasteiger partial charge is 0.394 e. The number of aliphatic hydroxyl groups is 1. The standard InChI is InChI=1S/C47H77N10O12PS/c1-31(2)25-36(53-47(65)39-20-16-24-57(39)40(59)21-13-9-14-22-51-43(61)35(48)29-71)44(62)52-37(45(63)54-38(28-58)46(64)55-41(42(49)60)32(3)69-70(66,67)68)26-34-27-50-30-56(34)23-15-7-5-4-6-10-17-33-18-11-8-12-19-33/h8,11-12,18-19,27,30-32,35-39,41,58,71H,4-7,9-10,13-17,20-26,28-29,48H2,1-3H3,(H2,49,60)(H,51,61)(H,52,62)(H,53,65)(H,54,63)(H,55,64)(H2,66,67,68). The molecule has 0 aliphatic carbocycles. The van der Waals surface area contributed by atoms with Crippen LogP contribution in [0.3, 0.4) is 0 Å².